The Hall–Kier alpha value is -3.61. The third kappa shape index (κ3) is 3.91. The van der Waals surface area contributed by atoms with Gasteiger partial charge in [0.2, 0.25) is 0 Å². The van der Waals surface area contributed by atoms with Crippen molar-refractivity contribution in [3.63, 3.8) is 0 Å². The van der Waals surface area contributed by atoms with Crippen LogP contribution >= 0.6 is 0 Å². The van der Waals surface area contributed by atoms with E-state index >= 15 is 0 Å². The van der Waals surface area contributed by atoms with Crippen LogP contribution in [0.5, 0.6) is 11.5 Å². The molecule has 1 aliphatic carbocycles. The molecule has 31 heavy (non-hydrogen) atoms. The van der Waals surface area contributed by atoms with Gasteiger partial charge in [0.25, 0.3) is 5.91 Å². The van der Waals surface area contributed by atoms with Gasteiger partial charge in [-0.2, -0.15) is 0 Å². The van der Waals surface area contributed by atoms with Crippen molar-refractivity contribution in [2.75, 3.05) is 19.5 Å². The molecule has 2 N–H and O–H groups in total. The van der Waals surface area contributed by atoms with E-state index in [0.717, 1.165) is 24.1 Å². The molecule has 0 radical (unpaired) electrons. The van der Waals surface area contributed by atoms with Crippen molar-refractivity contribution in [2.24, 2.45) is 0 Å². The van der Waals surface area contributed by atoms with Gasteiger partial charge in [-0.05, 0) is 50.1 Å². The number of rotatable bonds is 5. The molecular weight excluding hydrogens is 394 g/mol. The molecule has 1 aromatic heterocycles. The number of Topliss-reactive ketones (excluding diaryl/α,β-unsaturated/α-hetero) is 1. The van der Waals surface area contributed by atoms with Crippen LogP contribution in [0.15, 0.2) is 65.1 Å². The summed E-state index contributed by atoms with van der Waals surface area (Å²) in [5, 5.41) is 6.18. The second-order valence-corrected chi connectivity index (χ2v) is 7.54. The summed E-state index contributed by atoms with van der Waals surface area (Å²) in [4.78, 5) is 30.7. The number of pyridine rings is 1. The maximum atomic E-state index is 13.4. The Morgan fingerprint density at radius 2 is 2.00 bits per heavy atom. The molecule has 0 saturated heterocycles. The number of nitrogens with zero attached hydrogens (tertiary/aromatic N) is 1. The Labute approximate surface area is 181 Å². The average molecular weight is 419 g/mol. The molecular formula is C24H25N3O4. The third-order valence-corrected chi connectivity index (χ3v) is 5.67. The number of aromatic nitrogens is 1. The lowest BCUT2D eigenvalue weighted by molar-refractivity contribution is -0.116. The first kappa shape index (κ1) is 20.7. The summed E-state index contributed by atoms with van der Waals surface area (Å²) >= 11 is 0. The van der Waals surface area contributed by atoms with Crippen molar-refractivity contribution >= 4 is 17.5 Å². The van der Waals surface area contributed by atoms with E-state index in [4.69, 9.17) is 9.47 Å². The number of amides is 1. The van der Waals surface area contributed by atoms with Gasteiger partial charge in [-0.15, -0.1) is 0 Å². The number of nitrogens with one attached hydrogen (secondary N) is 2. The van der Waals surface area contributed by atoms with Gasteiger partial charge < -0.3 is 20.1 Å². The molecule has 0 bridgehead atoms. The third-order valence-electron chi connectivity index (χ3n) is 5.67. The number of benzene rings is 1. The van der Waals surface area contributed by atoms with Crippen molar-refractivity contribution in [1.29, 1.82) is 0 Å². The summed E-state index contributed by atoms with van der Waals surface area (Å²) in [6.07, 6.45) is 3.62. The molecule has 0 spiro atoms. The van der Waals surface area contributed by atoms with Gasteiger partial charge in [-0.25, -0.2) is 4.98 Å². The lowest BCUT2D eigenvalue weighted by atomic mass is 9.74. The topological polar surface area (TPSA) is 89.6 Å². The highest BCUT2D eigenvalue weighted by atomic mass is 16.5. The number of hydrogen-bond donors (Lipinski definition) is 2. The van der Waals surface area contributed by atoms with Crippen LogP contribution in [-0.4, -0.2) is 30.9 Å². The Kier molecular flexibility index (Phi) is 5.75. The van der Waals surface area contributed by atoms with Crippen LogP contribution in [0.1, 0.15) is 37.7 Å². The van der Waals surface area contributed by atoms with Gasteiger partial charge in [-0.1, -0.05) is 6.07 Å². The minimum atomic E-state index is -0.571. The van der Waals surface area contributed by atoms with Crippen molar-refractivity contribution in [3.8, 4) is 11.5 Å². The molecule has 1 atom stereocenters. The summed E-state index contributed by atoms with van der Waals surface area (Å²) < 4.78 is 11.0. The Morgan fingerprint density at radius 3 is 2.71 bits per heavy atom. The molecule has 1 amide bonds. The number of allylic oxidation sites excluding steroid dienone is 3. The van der Waals surface area contributed by atoms with Gasteiger partial charge in [0.05, 0.1) is 20.1 Å². The summed E-state index contributed by atoms with van der Waals surface area (Å²) in [5.74, 6) is 0.815. The average Bonchev–Trinajstić information content (AvgIpc) is 2.78. The molecule has 1 unspecified atom stereocenters. The molecule has 7 nitrogen and oxygen atoms in total. The molecule has 0 fully saturated rings. The number of ketones is 1. The monoisotopic (exact) mass is 419 g/mol. The molecule has 7 heteroatoms. The number of dihydropyridines is 1. The minimum Gasteiger partial charge on any atom is -0.497 e. The lowest BCUT2D eigenvalue weighted by Crippen LogP contribution is -2.35. The number of ether oxygens (including phenoxy) is 2. The first-order valence-corrected chi connectivity index (χ1v) is 10.2. The van der Waals surface area contributed by atoms with Crippen molar-refractivity contribution in [3.05, 3.63) is 70.7 Å². The minimum absolute atomic E-state index is 0.0410. The number of carbonyl (C=O) groups is 2. The standard InChI is InChI=1S/C24H25N3O4/c1-14-21(24(29)27-20-9-4-5-12-25-20)22(23-17(26-14)7-6-8-18(23)28)16-13-15(30-2)10-11-19(16)31-3/h4-5,9-13,22,26H,6-8H2,1-3H3,(H,25,27,29). The summed E-state index contributed by atoms with van der Waals surface area (Å²) in [6, 6.07) is 10.7. The van der Waals surface area contributed by atoms with Crippen LogP contribution in [-0.2, 0) is 9.59 Å². The van der Waals surface area contributed by atoms with Gasteiger partial charge in [-0.3, -0.25) is 9.59 Å². The van der Waals surface area contributed by atoms with Crippen LogP contribution in [0.2, 0.25) is 0 Å². The van der Waals surface area contributed by atoms with E-state index in [0.29, 0.717) is 40.6 Å². The fourth-order valence-corrected chi connectivity index (χ4v) is 4.28. The number of anilines is 1. The van der Waals surface area contributed by atoms with E-state index in [1.54, 1.807) is 50.7 Å². The smallest absolute Gasteiger partial charge is 0.255 e. The molecule has 4 rings (SSSR count). The molecule has 160 valence electrons. The van der Waals surface area contributed by atoms with Gasteiger partial charge >= 0.3 is 0 Å². The summed E-state index contributed by atoms with van der Waals surface area (Å²) in [7, 11) is 3.16. The molecule has 1 aliphatic heterocycles. The first-order chi connectivity index (χ1) is 15.0. The van der Waals surface area contributed by atoms with E-state index in [1.807, 2.05) is 13.0 Å². The predicted molar refractivity (Wildman–Crippen MR) is 117 cm³/mol. The summed E-state index contributed by atoms with van der Waals surface area (Å²) in [5.41, 5.74) is 3.38. The molecule has 2 heterocycles. The van der Waals surface area contributed by atoms with E-state index in [2.05, 4.69) is 15.6 Å². The van der Waals surface area contributed by atoms with Gasteiger partial charge in [0.1, 0.15) is 17.3 Å². The van der Waals surface area contributed by atoms with Crippen LogP contribution in [0, 0.1) is 0 Å². The Morgan fingerprint density at radius 1 is 1.16 bits per heavy atom. The maximum Gasteiger partial charge on any atom is 0.255 e. The second-order valence-electron chi connectivity index (χ2n) is 7.54. The largest absolute Gasteiger partial charge is 0.497 e. The molecule has 0 saturated carbocycles. The van der Waals surface area contributed by atoms with Crippen LogP contribution in [0.4, 0.5) is 5.82 Å². The zero-order chi connectivity index (χ0) is 22.0. The predicted octanol–water partition coefficient (Wildman–Crippen LogP) is 3.71. The van der Waals surface area contributed by atoms with Crippen LogP contribution in [0.3, 0.4) is 0 Å². The van der Waals surface area contributed by atoms with Crippen molar-refractivity contribution < 1.29 is 19.1 Å². The number of methoxy groups -OCH3 is 2. The SMILES string of the molecule is COc1ccc(OC)c(C2C(C(=O)Nc3ccccn3)=C(C)NC3=C2C(=O)CCC3)c1. The first-order valence-electron chi connectivity index (χ1n) is 10.2. The number of hydrogen-bond acceptors (Lipinski definition) is 6. The van der Waals surface area contributed by atoms with Crippen LogP contribution in [0.25, 0.3) is 0 Å². The Balaban J connectivity index is 1.87. The highest BCUT2D eigenvalue weighted by Crippen LogP contribution is 2.46. The zero-order valence-corrected chi connectivity index (χ0v) is 17.8. The fourth-order valence-electron chi connectivity index (χ4n) is 4.28. The lowest BCUT2D eigenvalue weighted by Gasteiger charge is -2.35. The van der Waals surface area contributed by atoms with E-state index in [-0.39, 0.29) is 11.7 Å². The number of carbonyl (C=O) groups excluding carboxylic acids is 2. The van der Waals surface area contributed by atoms with Gasteiger partial charge in [0.15, 0.2) is 5.78 Å². The Bertz CT molecular complexity index is 1090. The normalized spacial score (nSPS) is 18.3. The van der Waals surface area contributed by atoms with E-state index < -0.39 is 5.92 Å². The van der Waals surface area contributed by atoms with Crippen molar-refractivity contribution in [2.45, 2.75) is 32.1 Å². The fraction of sp³-hybridized carbons (Fsp3) is 0.292. The van der Waals surface area contributed by atoms with E-state index in [9.17, 15) is 9.59 Å². The molecule has 1 aromatic carbocycles. The molecule has 2 aromatic rings. The molecule has 2 aliphatic rings. The quantitative estimate of drug-likeness (QED) is 0.768. The summed E-state index contributed by atoms with van der Waals surface area (Å²) in [6.45, 7) is 1.86. The van der Waals surface area contributed by atoms with Crippen LogP contribution < -0.4 is 20.1 Å². The van der Waals surface area contributed by atoms with E-state index in [1.165, 1.54) is 0 Å². The highest BCUT2D eigenvalue weighted by molar-refractivity contribution is 6.09. The van der Waals surface area contributed by atoms with Gasteiger partial charge in [0, 0.05) is 40.7 Å². The highest BCUT2D eigenvalue weighted by Gasteiger charge is 2.40. The second kappa shape index (κ2) is 8.63. The maximum absolute atomic E-state index is 13.4. The van der Waals surface area contributed by atoms with Crippen molar-refractivity contribution in [1.82, 2.24) is 10.3 Å². The zero-order valence-electron chi connectivity index (χ0n) is 17.8.